The third-order valence-corrected chi connectivity index (χ3v) is 5.55. The minimum atomic E-state index is -0.324. The zero-order valence-electron chi connectivity index (χ0n) is 17.7. The van der Waals surface area contributed by atoms with Crippen molar-refractivity contribution in [2.24, 2.45) is 0 Å². The summed E-state index contributed by atoms with van der Waals surface area (Å²) in [5, 5.41) is 11.3. The second-order valence-electron chi connectivity index (χ2n) is 7.85. The summed E-state index contributed by atoms with van der Waals surface area (Å²) in [7, 11) is 0. The number of amides is 1. The van der Waals surface area contributed by atoms with E-state index in [2.05, 4.69) is 32.2 Å². The lowest BCUT2D eigenvalue weighted by molar-refractivity contribution is -0.117. The predicted octanol–water partition coefficient (Wildman–Crippen LogP) is 3.50. The zero-order chi connectivity index (χ0) is 21.8. The highest BCUT2D eigenvalue weighted by Gasteiger charge is 2.26. The average Bonchev–Trinajstić information content (AvgIpc) is 3.26. The lowest BCUT2D eigenvalue weighted by atomic mass is 10.1. The summed E-state index contributed by atoms with van der Waals surface area (Å²) in [6, 6.07) is 13.8. The number of nitrogens with zero attached hydrogens (tertiary/aromatic N) is 4. The smallest absolute Gasteiger partial charge is 0.247 e. The fourth-order valence-corrected chi connectivity index (χ4v) is 3.62. The Labute approximate surface area is 180 Å². The van der Waals surface area contributed by atoms with Crippen LogP contribution in [0.15, 0.2) is 52.9 Å². The molecule has 7 nitrogen and oxygen atoms in total. The fraction of sp³-hybridized carbons (Fsp3) is 0.348. The Hall–Kier alpha value is -3.10. The molecule has 8 heteroatoms. The SMILES string of the molecule is Cc1ccc(-c2nnc(C(C)N3CCN(CC(=O)Nc4ccc(F)cc4)CC3)o2)cc1. The Bertz CT molecular complexity index is 1010. The van der Waals surface area contributed by atoms with Crippen LogP contribution >= 0.6 is 0 Å². The van der Waals surface area contributed by atoms with Gasteiger partial charge in [0.05, 0.1) is 12.6 Å². The van der Waals surface area contributed by atoms with Gasteiger partial charge in [-0.1, -0.05) is 17.7 Å². The third kappa shape index (κ3) is 5.34. The fourth-order valence-electron chi connectivity index (χ4n) is 3.62. The molecule has 2 aromatic carbocycles. The lowest BCUT2D eigenvalue weighted by Gasteiger charge is -2.36. The molecular weight excluding hydrogens is 397 g/mol. The van der Waals surface area contributed by atoms with Gasteiger partial charge in [0.2, 0.25) is 17.7 Å². The van der Waals surface area contributed by atoms with Crippen LogP contribution in [0.25, 0.3) is 11.5 Å². The van der Waals surface area contributed by atoms with Crippen LogP contribution in [0.4, 0.5) is 10.1 Å². The number of aryl methyl sites for hydroxylation is 1. The largest absolute Gasteiger partial charge is 0.419 e. The number of rotatable bonds is 6. The number of nitrogens with one attached hydrogen (secondary N) is 1. The summed E-state index contributed by atoms with van der Waals surface area (Å²) >= 11 is 0. The van der Waals surface area contributed by atoms with Gasteiger partial charge in [0, 0.05) is 37.4 Å². The second kappa shape index (κ2) is 9.36. The first kappa shape index (κ1) is 21.1. The van der Waals surface area contributed by atoms with Crippen molar-refractivity contribution >= 4 is 11.6 Å². The van der Waals surface area contributed by atoms with E-state index in [-0.39, 0.29) is 17.8 Å². The first-order valence-electron chi connectivity index (χ1n) is 10.4. The Morgan fingerprint density at radius 2 is 1.74 bits per heavy atom. The molecule has 162 valence electrons. The summed E-state index contributed by atoms with van der Waals surface area (Å²) in [4.78, 5) is 16.7. The van der Waals surface area contributed by atoms with E-state index in [4.69, 9.17) is 4.42 Å². The maximum Gasteiger partial charge on any atom is 0.247 e. The van der Waals surface area contributed by atoms with Crippen LogP contribution in [0.5, 0.6) is 0 Å². The Morgan fingerprint density at radius 3 is 2.42 bits per heavy atom. The van der Waals surface area contributed by atoms with Gasteiger partial charge in [-0.25, -0.2) is 4.39 Å². The van der Waals surface area contributed by atoms with Crippen molar-refractivity contribution in [3.63, 3.8) is 0 Å². The van der Waals surface area contributed by atoms with Gasteiger partial charge >= 0.3 is 0 Å². The number of piperazine rings is 1. The van der Waals surface area contributed by atoms with Gasteiger partial charge < -0.3 is 9.73 Å². The van der Waals surface area contributed by atoms with Gasteiger partial charge in [-0.2, -0.15) is 0 Å². The molecule has 1 amide bonds. The van der Waals surface area contributed by atoms with Crippen LogP contribution in [0.1, 0.15) is 24.4 Å². The highest BCUT2D eigenvalue weighted by atomic mass is 19.1. The molecule has 1 aliphatic rings. The van der Waals surface area contributed by atoms with Crippen molar-refractivity contribution in [3.8, 4) is 11.5 Å². The minimum absolute atomic E-state index is 0.00175. The molecule has 1 atom stereocenters. The highest BCUT2D eigenvalue weighted by Crippen LogP contribution is 2.25. The number of hydrogen-bond acceptors (Lipinski definition) is 6. The van der Waals surface area contributed by atoms with E-state index in [9.17, 15) is 9.18 Å². The molecule has 0 saturated carbocycles. The van der Waals surface area contributed by atoms with Crippen LogP contribution in [0, 0.1) is 12.7 Å². The highest BCUT2D eigenvalue weighted by molar-refractivity contribution is 5.92. The van der Waals surface area contributed by atoms with E-state index in [0.717, 1.165) is 31.7 Å². The monoisotopic (exact) mass is 423 g/mol. The van der Waals surface area contributed by atoms with E-state index in [0.29, 0.717) is 24.0 Å². The molecule has 1 unspecified atom stereocenters. The van der Waals surface area contributed by atoms with Crippen molar-refractivity contribution in [2.45, 2.75) is 19.9 Å². The summed E-state index contributed by atoms with van der Waals surface area (Å²) in [5.41, 5.74) is 2.69. The van der Waals surface area contributed by atoms with E-state index in [1.54, 1.807) is 12.1 Å². The zero-order valence-corrected chi connectivity index (χ0v) is 17.7. The van der Waals surface area contributed by atoms with Crippen molar-refractivity contribution in [3.05, 3.63) is 65.8 Å². The maximum absolute atomic E-state index is 13.0. The molecule has 1 fully saturated rings. The molecule has 31 heavy (non-hydrogen) atoms. The number of benzene rings is 2. The standard InChI is InChI=1S/C23H26FN5O2/c1-16-3-5-18(6-4-16)23-27-26-22(31-23)17(2)29-13-11-28(12-14-29)15-21(30)25-20-9-7-19(24)8-10-20/h3-10,17H,11-15H2,1-2H3,(H,25,30). The van der Waals surface area contributed by atoms with Crippen LogP contribution in [0.3, 0.4) is 0 Å². The molecule has 0 spiro atoms. The van der Waals surface area contributed by atoms with E-state index < -0.39 is 0 Å². The molecule has 1 N–H and O–H groups in total. The van der Waals surface area contributed by atoms with E-state index in [1.165, 1.54) is 17.7 Å². The maximum atomic E-state index is 13.0. The quantitative estimate of drug-likeness (QED) is 0.654. The summed E-state index contributed by atoms with van der Waals surface area (Å²) in [6.45, 7) is 7.53. The number of carbonyl (C=O) groups is 1. The average molecular weight is 423 g/mol. The van der Waals surface area contributed by atoms with Crippen molar-refractivity contribution in [1.29, 1.82) is 0 Å². The third-order valence-electron chi connectivity index (χ3n) is 5.55. The summed E-state index contributed by atoms with van der Waals surface area (Å²) in [5.74, 6) is 0.694. The van der Waals surface area contributed by atoms with Gasteiger partial charge in [0.1, 0.15) is 5.82 Å². The van der Waals surface area contributed by atoms with Crippen LogP contribution in [0.2, 0.25) is 0 Å². The minimum Gasteiger partial charge on any atom is -0.419 e. The number of anilines is 1. The first-order valence-corrected chi connectivity index (χ1v) is 10.4. The number of hydrogen-bond donors (Lipinski definition) is 1. The molecule has 0 aliphatic carbocycles. The van der Waals surface area contributed by atoms with Gasteiger partial charge in [0.25, 0.3) is 0 Å². The van der Waals surface area contributed by atoms with Crippen LogP contribution in [-0.2, 0) is 4.79 Å². The molecular formula is C23H26FN5O2. The number of halogens is 1. The van der Waals surface area contributed by atoms with Crippen molar-refractivity contribution in [1.82, 2.24) is 20.0 Å². The normalized spacial score (nSPS) is 16.2. The molecule has 2 heterocycles. The van der Waals surface area contributed by atoms with E-state index in [1.807, 2.05) is 31.2 Å². The predicted molar refractivity (Wildman–Crippen MR) is 116 cm³/mol. The second-order valence-corrected chi connectivity index (χ2v) is 7.85. The molecule has 3 aromatic rings. The van der Waals surface area contributed by atoms with Gasteiger partial charge in [-0.15, -0.1) is 10.2 Å². The molecule has 0 radical (unpaired) electrons. The molecule has 1 saturated heterocycles. The summed E-state index contributed by atoms with van der Waals surface area (Å²) in [6.07, 6.45) is 0. The van der Waals surface area contributed by atoms with Gasteiger partial charge in [0.15, 0.2) is 0 Å². The van der Waals surface area contributed by atoms with Crippen LogP contribution < -0.4 is 5.32 Å². The molecule has 4 rings (SSSR count). The topological polar surface area (TPSA) is 74.5 Å². The lowest BCUT2D eigenvalue weighted by Crippen LogP contribution is -2.49. The van der Waals surface area contributed by atoms with Crippen molar-refractivity contribution < 1.29 is 13.6 Å². The van der Waals surface area contributed by atoms with Gasteiger partial charge in [-0.3, -0.25) is 14.6 Å². The first-order chi connectivity index (χ1) is 15.0. The molecule has 0 bridgehead atoms. The Balaban J connectivity index is 1.28. The van der Waals surface area contributed by atoms with E-state index >= 15 is 0 Å². The molecule has 1 aliphatic heterocycles. The Morgan fingerprint density at radius 1 is 1.06 bits per heavy atom. The van der Waals surface area contributed by atoms with Crippen molar-refractivity contribution in [2.75, 3.05) is 38.0 Å². The van der Waals surface area contributed by atoms with Gasteiger partial charge in [-0.05, 0) is 50.2 Å². The number of carbonyl (C=O) groups excluding carboxylic acids is 1. The Kier molecular flexibility index (Phi) is 6.39. The van der Waals surface area contributed by atoms with Crippen LogP contribution in [-0.4, -0.2) is 58.6 Å². The molecule has 1 aromatic heterocycles. The number of aromatic nitrogens is 2. The summed E-state index contributed by atoms with van der Waals surface area (Å²) < 4.78 is 18.9.